The number of hydrogen-bond acceptors (Lipinski definition) is 3. The van der Waals surface area contributed by atoms with E-state index in [0.717, 1.165) is 37.8 Å². The minimum Gasteiger partial charge on any atom is -0.388 e. The number of aliphatic hydroxyl groups is 1. The van der Waals surface area contributed by atoms with Crippen LogP contribution in [0.25, 0.3) is 0 Å². The average Bonchev–Trinajstić information content (AvgIpc) is 2.84. The second kappa shape index (κ2) is 5.93. The maximum absolute atomic E-state index is 10.5. The van der Waals surface area contributed by atoms with E-state index in [1.807, 2.05) is 12.1 Å². The highest BCUT2D eigenvalue weighted by Crippen LogP contribution is 2.33. The Hall–Kier alpha value is -1.06. The Labute approximate surface area is 116 Å². The fourth-order valence-electron chi connectivity index (χ4n) is 3.09. The fourth-order valence-corrected chi connectivity index (χ4v) is 3.09. The number of hydrogen-bond donors (Lipinski definition) is 2. The quantitative estimate of drug-likeness (QED) is 0.858. The van der Waals surface area contributed by atoms with Crippen LogP contribution in [0.1, 0.15) is 50.6 Å². The molecule has 19 heavy (non-hydrogen) atoms. The molecule has 1 aliphatic carbocycles. The molecule has 0 saturated heterocycles. The van der Waals surface area contributed by atoms with Gasteiger partial charge in [0.25, 0.3) is 0 Å². The number of nitrogens with zero attached hydrogens (tertiary/aromatic N) is 1. The monoisotopic (exact) mass is 262 g/mol. The SMILES string of the molecule is CCC(N)c1ccccc1N(C)CC1(O)CCCC1. The molecule has 0 radical (unpaired) electrons. The van der Waals surface area contributed by atoms with Crippen molar-refractivity contribution in [3.05, 3.63) is 29.8 Å². The Morgan fingerprint density at radius 1 is 1.32 bits per heavy atom. The Morgan fingerprint density at radius 3 is 2.58 bits per heavy atom. The van der Waals surface area contributed by atoms with E-state index in [-0.39, 0.29) is 6.04 Å². The van der Waals surface area contributed by atoms with Gasteiger partial charge in [0.2, 0.25) is 0 Å². The number of rotatable bonds is 5. The standard InChI is InChI=1S/C16H26N2O/c1-3-14(17)13-8-4-5-9-15(13)18(2)12-16(19)10-6-7-11-16/h4-5,8-9,14,19H,3,6-7,10-12,17H2,1-2H3. The number of anilines is 1. The molecule has 1 aromatic rings. The fraction of sp³-hybridized carbons (Fsp3) is 0.625. The van der Waals surface area contributed by atoms with Crippen LogP contribution in [0.15, 0.2) is 24.3 Å². The van der Waals surface area contributed by atoms with E-state index in [4.69, 9.17) is 5.73 Å². The van der Waals surface area contributed by atoms with Gasteiger partial charge in [-0.05, 0) is 30.9 Å². The van der Waals surface area contributed by atoms with Gasteiger partial charge in [0.1, 0.15) is 0 Å². The normalized spacial score (nSPS) is 19.4. The second-order valence-electron chi connectivity index (χ2n) is 5.86. The molecular weight excluding hydrogens is 236 g/mol. The van der Waals surface area contributed by atoms with Crippen LogP contribution in [-0.4, -0.2) is 24.3 Å². The maximum atomic E-state index is 10.5. The highest BCUT2D eigenvalue weighted by molar-refractivity contribution is 5.54. The van der Waals surface area contributed by atoms with Gasteiger partial charge < -0.3 is 15.7 Å². The molecule has 3 nitrogen and oxygen atoms in total. The van der Waals surface area contributed by atoms with E-state index in [1.54, 1.807) is 0 Å². The average molecular weight is 262 g/mol. The van der Waals surface area contributed by atoms with E-state index in [1.165, 1.54) is 5.56 Å². The summed E-state index contributed by atoms with van der Waals surface area (Å²) in [6.45, 7) is 2.80. The first-order chi connectivity index (χ1) is 9.06. The van der Waals surface area contributed by atoms with Crippen molar-refractivity contribution in [1.29, 1.82) is 0 Å². The van der Waals surface area contributed by atoms with Crippen LogP contribution in [0.5, 0.6) is 0 Å². The maximum Gasteiger partial charge on any atom is 0.0821 e. The van der Waals surface area contributed by atoms with Crippen LogP contribution >= 0.6 is 0 Å². The summed E-state index contributed by atoms with van der Waals surface area (Å²) in [4.78, 5) is 2.16. The van der Waals surface area contributed by atoms with E-state index >= 15 is 0 Å². The minimum atomic E-state index is -0.516. The smallest absolute Gasteiger partial charge is 0.0821 e. The van der Waals surface area contributed by atoms with Crippen LogP contribution in [0.2, 0.25) is 0 Å². The third-order valence-electron chi connectivity index (χ3n) is 4.25. The lowest BCUT2D eigenvalue weighted by atomic mass is 9.99. The topological polar surface area (TPSA) is 49.5 Å². The van der Waals surface area contributed by atoms with Crippen LogP contribution in [0.4, 0.5) is 5.69 Å². The van der Waals surface area contributed by atoms with Crippen LogP contribution in [0, 0.1) is 0 Å². The van der Waals surface area contributed by atoms with Gasteiger partial charge in [-0.3, -0.25) is 0 Å². The number of likely N-dealkylation sites (N-methyl/N-ethyl adjacent to an activating group) is 1. The number of benzene rings is 1. The molecule has 106 valence electrons. The lowest BCUT2D eigenvalue weighted by Crippen LogP contribution is -2.39. The van der Waals surface area contributed by atoms with Gasteiger partial charge in [0, 0.05) is 25.3 Å². The first kappa shape index (κ1) is 14.4. The van der Waals surface area contributed by atoms with Gasteiger partial charge >= 0.3 is 0 Å². The Kier molecular flexibility index (Phi) is 4.48. The van der Waals surface area contributed by atoms with E-state index in [9.17, 15) is 5.11 Å². The summed E-state index contributed by atoms with van der Waals surface area (Å²) in [7, 11) is 2.05. The number of nitrogens with two attached hydrogens (primary N) is 1. The molecular formula is C16H26N2O. The van der Waals surface area contributed by atoms with Gasteiger partial charge in [0.05, 0.1) is 5.60 Å². The molecule has 0 spiro atoms. The third-order valence-corrected chi connectivity index (χ3v) is 4.25. The van der Waals surface area contributed by atoms with Crippen molar-refractivity contribution in [3.8, 4) is 0 Å². The molecule has 2 rings (SSSR count). The summed E-state index contributed by atoms with van der Waals surface area (Å²) in [6, 6.07) is 8.34. The summed E-state index contributed by atoms with van der Waals surface area (Å²) < 4.78 is 0. The first-order valence-electron chi connectivity index (χ1n) is 7.34. The van der Waals surface area contributed by atoms with E-state index in [0.29, 0.717) is 6.54 Å². The molecule has 1 saturated carbocycles. The van der Waals surface area contributed by atoms with Gasteiger partial charge in [-0.1, -0.05) is 38.0 Å². The molecule has 3 heteroatoms. The minimum absolute atomic E-state index is 0.0665. The largest absolute Gasteiger partial charge is 0.388 e. The molecule has 0 aromatic heterocycles. The summed E-state index contributed by atoms with van der Waals surface area (Å²) in [6.07, 6.45) is 5.04. The van der Waals surface area contributed by atoms with Crippen molar-refractivity contribution < 1.29 is 5.11 Å². The summed E-state index contributed by atoms with van der Waals surface area (Å²) >= 11 is 0. The summed E-state index contributed by atoms with van der Waals surface area (Å²) in [5, 5.41) is 10.5. The predicted molar refractivity (Wildman–Crippen MR) is 80.3 cm³/mol. The summed E-state index contributed by atoms with van der Waals surface area (Å²) in [5.41, 5.74) is 7.99. The van der Waals surface area contributed by atoms with Crippen molar-refractivity contribution in [2.75, 3.05) is 18.5 Å². The Balaban J connectivity index is 2.16. The van der Waals surface area contributed by atoms with E-state index in [2.05, 4.69) is 31.0 Å². The van der Waals surface area contributed by atoms with Crippen LogP contribution < -0.4 is 10.6 Å². The Morgan fingerprint density at radius 2 is 1.95 bits per heavy atom. The molecule has 0 aliphatic heterocycles. The molecule has 1 fully saturated rings. The van der Waals surface area contributed by atoms with Gasteiger partial charge in [0.15, 0.2) is 0 Å². The first-order valence-corrected chi connectivity index (χ1v) is 7.34. The predicted octanol–water partition coefficient (Wildman–Crippen LogP) is 2.84. The van der Waals surface area contributed by atoms with E-state index < -0.39 is 5.60 Å². The highest BCUT2D eigenvalue weighted by atomic mass is 16.3. The lowest BCUT2D eigenvalue weighted by molar-refractivity contribution is 0.0559. The molecule has 1 atom stereocenters. The molecule has 0 heterocycles. The molecule has 1 aromatic carbocycles. The zero-order chi connectivity index (χ0) is 13.9. The lowest BCUT2D eigenvalue weighted by Gasteiger charge is -2.32. The van der Waals surface area contributed by atoms with Crippen molar-refractivity contribution in [2.45, 2.75) is 50.7 Å². The van der Waals surface area contributed by atoms with Crippen molar-refractivity contribution in [1.82, 2.24) is 0 Å². The second-order valence-corrected chi connectivity index (χ2v) is 5.86. The highest BCUT2D eigenvalue weighted by Gasteiger charge is 2.32. The zero-order valence-corrected chi connectivity index (χ0v) is 12.1. The Bertz CT molecular complexity index is 413. The number of para-hydroxylation sites is 1. The van der Waals surface area contributed by atoms with Crippen molar-refractivity contribution in [2.24, 2.45) is 5.73 Å². The molecule has 0 amide bonds. The molecule has 1 aliphatic rings. The van der Waals surface area contributed by atoms with Crippen molar-refractivity contribution >= 4 is 5.69 Å². The molecule has 3 N–H and O–H groups in total. The van der Waals surface area contributed by atoms with Crippen molar-refractivity contribution in [3.63, 3.8) is 0 Å². The molecule has 0 bridgehead atoms. The zero-order valence-electron chi connectivity index (χ0n) is 12.1. The van der Waals surface area contributed by atoms with Crippen LogP contribution in [-0.2, 0) is 0 Å². The van der Waals surface area contributed by atoms with Gasteiger partial charge in [-0.25, -0.2) is 0 Å². The van der Waals surface area contributed by atoms with Gasteiger partial charge in [-0.2, -0.15) is 0 Å². The third kappa shape index (κ3) is 3.28. The van der Waals surface area contributed by atoms with Gasteiger partial charge in [-0.15, -0.1) is 0 Å². The van der Waals surface area contributed by atoms with Crippen LogP contribution in [0.3, 0.4) is 0 Å². The summed E-state index contributed by atoms with van der Waals surface area (Å²) in [5.74, 6) is 0. The molecule has 1 unspecified atom stereocenters.